The molecule has 5 heteroatoms. The van der Waals surface area contributed by atoms with Gasteiger partial charge in [0.1, 0.15) is 11.4 Å². The molecule has 29 heavy (non-hydrogen) atoms. The summed E-state index contributed by atoms with van der Waals surface area (Å²) in [5, 5.41) is 0. The molecular formula is C24H36N2O3. The Morgan fingerprint density at radius 2 is 2.00 bits per heavy atom. The fraction of sp³-hybridized carbons (Fsp3) is 0.625. The monoisotopic (exact) mass is 400 g/mol. The number of ether oxygens (including phenoxy) is 2. The summed E-state index contributed by atoms with van der Waals surface area (Å²) < 4.78 is 11.8. The Hall–Kier alpha value is -2.17. The van der Waals surface area contributed by atoms with E-state index in [1.165, 1.54) is 22.4 Å². The summed E-state index contributed by atoms with van der Waals surface area (Å²) >= 11 is 0. The highest BCUT2D eigenvalue weighted by molar-refractivity contribution is 5.78. The molecule has 0 radical (unpaired) electrons. The number of amides is 1. The molecule has 0 N–H and O–H groups in total. The molecular weight excluding hydrogens is 364 g/mol. The van der Waals surface area contributed by atoms with Crippen molar-refractivity contribution in [3.8, 4) is 5.75 Å². The van der Waals surface area contributed by atoms with Crippen molar-refractivity contribution in [3.63, 3.8) is 0 Å². The number of carbonyl (C=O) groups excluding carboxylic acids is 1. The standard InChI is InChI=1S/C24H36N2O3/c1-7-16-28-22-19(10-11-21-20(22)9-8-17(2)25(21)6)18-12-14-26(15-13-18)23(27)29-24(3,4)5/h10-12,17H,7-9,13-16H2,1-6H3. The van der Waals surface area contributed by atoms with Crippen LogP contribution >= 0.6 is 0 Å². The molecule has 0 saturated heterocycles. The number of nitrogens with zero attached hydrogens (tertiary/aromatic N) is 2. The second-order valence-corrected chi connectivity index (χ2v) is 9.19. The minimum atomic E-state index is -0.468. The van der Waals surface area contributed by atoms with E-state index in [1.807, 2.05) is 20.8 Å². The number of benzene rings is 1. The number of fused-ring (bicyclic) bond motifs is 1. The third kappa shape index (κ3) is 4.88. The first-order chi connectivity index (χ1) is 13.7. The Balaban J connectivity index is 1.86. The van der Waals surface area contributed by atoms with Crippen LogP contribution < -0.4 is 9.64 Å². The smallest absolute Gasteiger partial charge is 0.410 e. The van der Waals surface area contributed by atoms with E-state index in [9.17, 15) is 4.79 Å². The van der Waals surface area contributed by atoms with Gasteiger partial charge in [0.2, 0.25) is 0 Å². The fourth-order valence-electron chi connectivity index (χ4n) is 4.00. The summed E-state index contributed by atoms with van der Waals surface area (Å²) in [6, 6.07) is 4.98. The molecule has 1 aromatic carbocycles. The van der Waals surface area contributed by atoms with Crippen LogP contribution in [0.15, 0.2) is 18.2 Å². The SMILES string of the molecule is CCCOc1c(C2=CCN(C(=O)OC(C)(C)C)CC2)ccc2c1CCC(C)N2C. The van der Waals surface area contributed by atoms with Crippen LogP contribution in [0.5, 0.6) is 5.75 Å². The highest BCUT2D eigenvalue weighted by Crippen LogP contribution is 2.42. The van der Waals surface area contributed by atoms with E-state index in [2.05, 4.69) is 44.0 Å². The van der Waals surface area contributed by atoms with Crippen LogP contribution in [0, 0.1) is 0 Å². The molecule has 0 saturated carbocycles. The van der Waals surface area contributed by atoms with Gasteiger partial charge in [-0.3, -0.25) is 0 Å². The lowest BCUT2D eigenvalue weighted by Gasteiger charge is -2.36. The fourth-order valence-corrected chi connectivity index (χ4v) is 4.00. The minimum Gasteiger partial charge on any atom is -0.493 e. The Morgan fingerprint density at radius 1 is 1.24 bits per heavy atom. The molecule has 0 spiro atoms. The molecule has 0 fully saturated rings. The van der Waals surface area contributed by atoms with E-state index in [4.69, 9.17) is 9.47 Å². The normalized spacial score (nSPS) is 19.5. The van der Waals surface area contributed by atoms with Crippen LogP contribution in [0.4, 0.5) is 10.5 Å². The molecule has 5 nitrogen and oxygen atoms in total. The lowest BCUT2D eigenvalue weighted by Crippen LogP contribution is -2.39. The van der Waals surface area contributed by atoms with Crippen molar-refractivity contribution in [2.45, 2.75) is 71.9 Å². The van der Waals surface area contributed by atoms with Crippen LogP contribution in [0.25, 0.3) is 5.57 Å². The van der Waals surface area contributed by atoms with Crippen LogP contribution in [0.3, 0.4) is 0 Å². The third-order valence-electron chi connectivity index (χ3n) is 5.75. The van der Waals surface area contributed by atoms with Crippen LogP contribution in [0.1, 0.15) is 65.0 Å². The van der Waals surface area contributed by atoms with Gasteiger partial charge in [0.25, 0.3) is 0 Å². The van der Waals surface area contributed by atoms with Gasteiger partial charge in [-0.15, -0.1) is 0 Å². The molecule has 2 aliphatic heterocycles. The molecule has 3 rings (SSSR count). The summed E-state index contributed by atoms with van der Waals surface area (Å²) in [5.41, 5.74) is 4.59. The van der Waals surface area contributed by atoms with Crippen LogP contribution in [-0.2, 0) is 11.2 Å². The quantitative estimate of drug-likeness (QED) is 0.690. The van der Waals surface area contributed by atoms with Crippen molar-refractivity contribution in [1.82, 2.24) is 4.90 Å². The van der Waals surface area contributed by atoms with E-state index in [-0.39, 0.29) is 6.09 Å². The van der Waals surface area contributed by atoms with Crippen molar-refractivity contribution in [2.75, 3.05) is 31.6 Å². The van der Waals surface area contributed by atoms with Crippen molar-refractivity contribution in [2.24, 2.45) is 0 Å². The first-order valence-corrected chi connectivity index (χ1v) is 10.9. The zero-order valence-electron chi connectivity index (χ0n) is 18.9. The first-order valence-electron chi connectivity index (χ1n) is 10.9. The maximum Gasteiger partial charge on any atom is 0.410 e. The minimum absolute atomic E-state index is 0.240. The number of hydrogen-bond donors (Lipinski definition) is 0. The topological polar surface area (TPSA) is 42.0 Å². The van der Waals surface area contributed by atoms with E-state index in [1.54, 1.807) is 4.90 Å². The van der Waals surface area contributed by atoms with Gasteiger partial charge in [0.15, 0.2) is 0 Å². The molecule has 0 bridgehead atoms. The van der Waals surface area contributed by atoms with Gasteiger partial charge < -0.3 is 19.3 Å². The maximum absolute atomic E-state index is 12.4. The molecule has 160 valence electrons. The van der Waals surface area contributed by atoms with E-state index in [0.29, 0.717) is 19.1 Å². The van der Waals surface area contributed by atoms with E-state index >= 15 is 0 Å². The molecule has 2 heterocycles. The van der Waals surface area contributed by atoms with Crippen molar-refractivity contribution < 1.29 is 14.3 Å². The van der Waals surface area contributed by atoms with Gasteiger partial charge in [-0.2, -0.15) is 0 Å². The van der Waals surface area contributed by atoms with Gasteiger partial charge in [-0.1, -0.05) is 13.0 Å². The summed E-state index contributed by atoms with van der Waals surface area (Å²) in [4.78, 5) is 16.5. The maximum atomic E-state index is 12.4. The summed E-state index contributed by atoms with van der Waals surface area (Å²) in [6.07, 6.45) is 5.90. The Labute approximate surface area is 175 Å². The highest BCUT2D eigenvalue weighted by atomic mass is 16.6. The van der Waals surface area contributed by atoms with Crippen molar-refractivity contribution >= 4 is 17.4 Å². The van der Waals surface area contributed by atoms with Gasteiger partial charge in [0, 0.05) is 43.0 Å². The lowest BCUT2D eigenvalue weighted by molar-refractivity contribution is 0.0270. The molecule has 1 amide bonds. The van der Waals surface area contributed by atoms with Gasteiger partial charge >= 0.3 is 6.09 Å². The Morgan fingerprint density at radius 3 is 2.62 bits per heavy atom. The lowest BCUT2D eigenvalue weighted by atomic mass is 9.90. The molecule has 1 aromatic rings. The average molecular weight is 401 g/mol. The number of rotatable bonds is 4. The predicted molar refractivity (Wildman–Crippen MR) is 119 cm³/mol. The van der Waals surface area contributed by atoms with Crippen molar-refractivity contribution in [1.29, 1.82) is 0 Å². The molecule has 1 unspecified atom stereocenters. The first kappa shape index (κ1) is 21.5. The van der Waals surface area contributed by atoms with E-state index in [0.717, 1.165) is 38.0 Å². The molecule has 2 aliphatic rings. The van der Waals surface area contributed by atoms with Crippen LogP contribution in [-0.4, -0.2) is 49.4 Å². The second kappa shape index (κ2) is 8.68. The zero-order valence-corrected chi connectivity index (χ0v) is 18.9. The Bertz CT molecular complexity index is 779. The highest BCUT2D eigenvalue weighted by Gasteiger charge is 2.28. The van der Waals surface area contributed by atoms with Gasteiger partial charge in [-0.05, 0) is 71.1 Å². The summed E-state index contributed by atoms with van der Waals surface area (Å²) in [7, 11) is 2.17. The van der Waals surface area contributed by atoms with Crippen molar-refractivity contribution in [3.05, 3.63) is 29.3 Å². The third-order valence-corrected chi connectivity index (χ3v) is 5.75. The average Bonchev–Trinajstić information content (AvgIpc) is 2.67. The van der Waals surface area contributed by atoms with Gasteiger partial charge in [0.05, 0.1) is 6.61 Å². The Kier molecular flexibility index (Phi) is 6.45. The predicted octanol–water partition coefficient (Wildman–Crippen LogP) is 5.27. The van der Waals surface area contributed by atoms with Crippen LogP contribution in [0.2, 0.25) is 0 Å². The molecule has 1 atom stereocenters. The zero-order chi connectivity index (χ0) is 21.2. The molecule has 0 aliphatic carbocycles. The molecule has 0 aromatic heterocycles. The van der Waals surface area contributed by atoms with Gasteiger partial charge in [-0.25, -0.2) is 4.79 Å². The largest absolute Gasteiger partial charge is 0.493 e. The van der Waals surface area contributed by atoms with E-state index < -0.39 is 5.60 Å². The number of hydrogen-bond acceptors (Lipinski definition) is 4. The second-order valence-electron chi connectivity index (χ2n) is 9.19. The summed E-state index contributed by atoms with van der Waals surface area (Å²) in [6.45, 7) is 12.1. The summed E-state index contributed by atoms with van der Waals surface area (Å²) in [5.74, 6) is 1.04. The number of anilines is 1. The number of carbonyl (C=O) groups is 1.